The molecule has 0 saturated heterocycles. The lowest BCUT2D eigenvalue weighted by Crippen LogP contribution is -2.07. The van der Waals surface area contributed by atoms with Crippen LogP contribution in [0.25, 0.3) is 0 Å². The fraction of sp³-hybridized carbons (Fsp3) is 0.176. The highest BCUT2D eigenvalue weighted by atomic mass is 35.5. The molecule has 0 atom stereocenters. The zero-order valence-electron chi connectivity index (χ0n) is 13.1. The topological polar surface area (TPSA) is 87.0 Å². The highest BCUT2D eigenvalue weighted by Gasteiger charge is 2.19. The van der Waals surface area contributed by atoms with Gasteiger partial charge in [-0.15, -0.1) is 0 Å². The molecule has 2 rings (SSSR count). The van der Waals surface area contributed by atoms with E-state index in [1.54, 1.807) is 30.3 Å². The Morgan fingerprint density at radius 3 is 2.54 bits per heavy atom. The van der Waals surface area contributed by atoms with Gasteiger partial charge in [-0.1, -0.05) is 13.0 Å². The molecule has 0 saturated carbocycles. The molecule has 0 amide bonds. The summed E-state index contributed by atoms with van der Waals surface area (Å²) >= 11 is 5.57. The number of rotatable bonds is 5. The van der Waals surface area contributed by atoms with Crippen molar-refractivity contribution >= 4 is 38.1 Å². The van der Waals surface area contributed by atoms with Crippen LogP contribution in [0.4, 0.5) is 11.4 Å². The van der Waals surface area contributed by atoms with Crippen LogP contribution in [0.15, 0.2) is 41.3 Å². The van der Waals surface area contributed by atoms with E-state index < -0.39 is 15.1 Å². The summed E-state index contributed by atoms with van der Waals surface area (Å²) in [5.74, 6) is 0. The summed E-state index contributed by atoms with van der Waals surface area (Å²) in [6.45, 7) is 1.85. The number of nitriles is 1. The monoisotopic (exact) mass is 362 g/mol. The number of halogens is 1. The van der Waals surface area contributed by atoms with E-state index >= 15 is 0 Å². The molecule has 1 N–H and O–H groups in total. The van der Waals surface area contributed by atoms with Gasteiger partial charge in [-0.3, -0.25) is 4.79 Å². The third kappa shape index (κ3) is 3.94. The number of anilines is 2. The number of hydrogen-bond acceptors (Lipinski definition) is 5. The molecule has 0 spiro atoms. The van der Waals surface area contributed by atoms with Gasteiger partial charge in [0, 0.05) is 17.5 Å². The molecule has 24 heavy (non-hydrogen) atoms. The Morgan fingerprint density at radius 2 is 2.00 bits per heavy atom. The molecular formula is C17H15ClN2O3S. The normalized spacial score (nSPS) is 10.9. The van der Waals surface area contributed by atoms with Crippen LogP contribution >= 0.6 is 11.6 Å². The van der Waals surface area contributed by atoms with E-state index in [2.05, 4.69) is 5.32 Å². The second-order valence-electron chi connectivity index (χ2n) is 5.22. The molecule has 0 radical (unpaired) electrons. The number of nitrogens with zero attached hydrogens (tertiary/aromatic N) is 1. The standard InChI is InChI=1S/C17H15ClN2O3S/c1-3-12-8-15(20-13-6-4-5-11(7-13)10-19)16(24(2,22)23)9-14(12)17(18)21/h4-9,20H,3H2,1-2H3. The van der Waals surface area contributed by atoms with E-state index in [1.807, 2.05) is 13.0 Å². The van der Waals surface area contributed by atoms with E-state index in [9.17, 15) is 13.2 Å². The lowest BCUT2D eigenvalue weighted by molar-refractivity contribution is 0.108. The van der Waals surface area contributed by atoms with E-state index in [0.29, 0.717) is 28.9 Å². The fourth-order valence-corrected chi connectivity index (χ4v) is 3.34. The molecule has 2 aromatic rings. The van der Waals surface area contributed by atoms with Gasteiger partial charge in [-0.2, -0.15) is 5.26 Å². The molecule has 124 valence electrons. The number of hydrogen-bond donors (Lipinski definition) is 1. The Labute approximate surface area is 145 Å². The van der Waals surface area contributed by atoms with Crippen LogP contribution in [0.1, 0.15) is 28.4 Å². The molecule has 0 heterocycles. The summed E-state index contributed by atoms with van der Waals surface area (Å²) in [6.07, 6.45) is 1.58. The van der Waals surface area contributed by atoms with Crippen LogP contribution < -0.4 is 5.32 Å². The molecule has 0 aliphatic rings. The van der Waals surface area contributed by atoms with Crippen LogP contribution in [0.5, 0.6) is 0 Å². The van der Waals surface area contributed by atoms with Crippen LogP contribution in [0.3, 0.4) is 0 Å². The Hall–Kier alpha value is -2.36. The van der Waals surface area contributed by atoms with Gasteiger partial charge >= 0.3 is 0 Å². The van der Waals surface area contributed by atoms with Gasteiger partial charge in [0.2, 0.25) is 0 Å². The second kappa shape index (κ2) is 7.04. The number of nitrogens with one attached hydrogen (secondary N) is 1. The third-order valence-corrected chi connectivity index (χ3v) is 4.81. The largest absolute Gasteiger partial charge is 0.354 e. The summed E-state index contributed by atoms with van der Waals surface area (Å²) in [6, 6.07) is 11.6. The van der Waals surface area contributed by atoms with Gasteiger partial charge in [0.05, 0.1) is 22.2 Å². The Kier molecular flexibility index (Phi) is 5.27. The van der Waals surface area contributed by atoms with Gasteiger partial charge in [0.25, 0.3) is 5.24 Å². The van der Waals surface area contributed by atoms with Gasteiger partial charge in [0.1, 0.15) is 0 Å². The number of benzene rings is 2. The van der Waals surface area contributed by atoms with E-state index in [1.165, 1.54) is 6.07 Å². The van der Waals surface area contributed by atoms with E-state index in [0.717, 1.165) is 6.26 Å². The zero-order chi connectivity index (χ0) is 17.9. The molecule has 0 unspecified atom stereocenters. The molecule has 5 nitrogen and oxygen atoms in total. The molecule has 0 aliphatic heterocycles. The first kappa shape index (κ1) is 18.0. The number of carbonyl (C=O) groups is 1. The van der Waals surface area contributed by atoms with Gasteiger partial charge in [0.15, 0.2) is 9.84 Å². The average Bonchev–Trinajstić information content (AvgIpc) is 2.53. The van der Waals surface area contributed by atoms with Gasteiger partial charge in [-0.25, -0.2) is 8.42 Å². The zero-order valence-corrected chi connectivity index (χ0v) is 14.7. The van der Waals surface area contributed by atoms with Crippen LogP contribution in [0.2, 0.25) is 0 Å². The maximum Gasteiger partial charge on any atom is 0.252 e. The molecule has 2 aromatic carbocycles. The maximum atomic E-state index is 12.1. The predicted molar refractivity (Wildman–Crippen MR) is 93.6 cm³/mol. The highest BCUT2D eigenvalue weighted by molar-refractivity contribution is 7.90. The van der Waals surface area contributed by atoms with E-state index in [4.69, 9.17) is 16.9 Å². The van der Waals surface area contributed by atoms with E-state index in [-0.39, 0.29) is 10.5 Å². The minimum atomic E-state index is -3.59. The van der Waals surface area contributed by atoms with Crippen molar-refractivity contribution in [2.24, 2.45) is 0 Å². The van der Waals surface area contributed by atoms with Crippen molar-refractivity contribution in [3.63, 3.8) is 0 Å². The minimum Gasteiger partial charge on any atom is -0.354 e. The summed E-state index contributed by atoms with van der Waals surface area (Å²) in [5, 5.41) is 11.3. The van der Waals surface area contributed by atoms with Gasteiger partial charge in [-0.05, 0) is 53.9 Å². The number of carbonyl (C=O) groups excluding carboxylic acids is 1. The third-order valence-electron chi connectivity index (χ3n) is 3.47. The SMILES string of the molecule is CCc1cc(Nc2cccc(C#N)c2)c(S(C)(=O)=O)cc1C(=O)Cl. The Morgan fingerprint density at radius 1 is 1.29 bits per heavy atom. The van der Waals surface area contributed by atoms with Crippen LogP contribution in [0, 0.1) is 11.3 Å². The number of sulfone groups is 1. The lowest BCUT2D eigenvalue weighted by Gasteiger charge is -2.15. The summed E-state index contributed by atoms with van der Waals surface area (Å²) in [7, 11) is -3.59. The smallest absolute Gasteiger partial charge is 0.252 e. The Balaban J connectivity index is 2.63. The first-order valence-electron chi connectivity index (χ1n) is 7.10. The molecular weight excluding hydrogens is 348 g/mol. The van der Waals surface area contributed by atoms with Crippen molar-refractivity contribution in [3.8, 4) is 6.07 Å². The molecule has 7 heteroatoms. The summed E-state index contributed by atoms with van der Waals surface area (Å²) < 4.78 is 24.2. The number of aryl methyl sites for hydroxylation is 1. The van der Waals surface area contributed by atoms with Gasteiger partial charge < -0.3 is 5.32 Å². The lowest BCUT2D eigenvalue weighted by atomic mass is 10.0. The maximum absolute atomic E-state index is 12.1. The molecule has 0 aromatic heterocycles. The fourth-order valence-electron chi connectivity index (χ4n) is 2.33. The van der Waals surface area contributed by atoms with Crippen molar-refractivity contribution in [1.82, 2.24) is 0 Å². The second-order valence-corrected chi connectivity index (χ2v) is 7.55. The van der Waals surface area contributed by atoms with Crippen LogP contribution in [-0.2, 0) is 16.3 Å². The molecule has 0 aliphatic carbocycles. The minimum absolute atomic E-state index is 0.0222. The Bertz CT molecular complexity index is 947. The predicted octanol–water partition coefficient (Wildman–Crippen LogP) is 3.65. The highest BCUT2D eigenvalue weighted by Crippen LogP contribution is 2.30. The first-order chi connectivity index (χ1) is 11.3. The summed E-state index contributed by atoms with van der Waals surface area (Å²) in [5.41, 5.74) is 2.18. The van der Waals surface area contributed by atoms with Crippen molar-refractivity contribution < 1.29 is 13.2 Å². The van der Waals surface area contributed by atoms with Crippen molar-refractivity contribution in [2.75, 3.05) is 11.6 Å². The first-order valence-corrected chi connectivity index (χ1v) is 9.37. The summed E-state index contributed by atoms with van der Waals surface area (Å²) in [4.78, 5) is 11.5. The molecule has 0 bridgehead atoms. The van der Waals surface area contributed by atoms with Crippen molar-refractivity contribution in [3.05, 3.63) is 53.1 Å². The average molecular weight is 363 g/mol. The molecule has 0 fully saturated rings. The van der Waals surface area contributed by atoms with Crippen molar-refractivity contribution in [2.45, 2.75) is 18.2 Å². The van der Waals surface area contributed by atoms with Crippen LogP contribution in [-0.4, -0.2) is 19.9 Å². The quantitative estimate of drug-likeness (QED) is 0.820. The van der Waals surface area contributed by atoms with Crippen molar-refractivity contribution in [1.29, 1.82) is 5.26 Å².